The van der Waals surface area contributed by atoms with Gasteiger partial charge in [0.25, 0.3) is 0 Å². The molecule has 0 saturated heterocycles. The predicted molar refractivity (Wildman–Crippen MR) is 84.2 cm³/mol. The number of hydrogen-bond donors (Lipinski definition) is 0. The molecule has 1 aliphatic rings. The number of allylic oxidation sites excluding steroid dienone is 1. The summed E-state index contributed by atoms with van der Waals surface area (Å²) in [6.45, 7) is 1.14. The highest BCUT2D eigenvalue weighted by Gasteiger charge is 2.18. The monoisotopic (exact) mass is 257 g/mol. The molecule has 0 aromatic heterocycles. The lowest BCUT2D eigenvalue weighted by atomic mass is 9.80. The maximum absolute atomic E-state index is 2.49. The van der Waals surface area contributed by atoms with E-state index in [0.29, 0.717) is 0 Å². The van der Waals surface area contributed by atoms with E-state index in [1.165, 1.54) is 37.7 Å². The van der Waals surface area contributed by atoms with Gasteiger partial charge in [-0.25, -0.2) is 0 Å². The molecule has 0 heterocycles. The molecule has 19 heavy (non-hydrogen) atoms. The van der Waals surface area contributed by atoms with E-state index in [2.05, 4.69) is 55.4 Å². The number of nitrogens with zero attached hydrogens (tertiary/aromatic N) is 1. The maximum atomic E-state index is 2.49. The van der Waals surface area contributed by atoms with Crippen LogP contribution < -0.4 is 0 Å². The summed E-state index contributed by atoms with van der Waals surface area (Å²) in [6, 6.07) is 11.0. The first kappa shape index (κ1) is 14.3. The van der Waals surface area contributed by atoms with E-state index in [-0.39, 0.29) is 0 Å². The van der Waals surface area contributed by atoms with Gasteiger partial charge < -0.3 is 4.90 Å². The summed E-state index contributed by atoms with van der Waals surface area (Å²) in [5.74, 6) is 0.790. The molecule has 0 N–H and O–H groups in total. The van der Waals surface area contributed by atoms with Crippen molar-refractivity contribution in [2.75, 3.05) is 20.6 Å². The minimum atomic E-state index is 0.790. The average Bonchev–Trinajstić information content (AvgIpc) is 2.45. The molecule has 0 radical (unpaired) electrons. The molecule has 0 atom stereocenters. The van der Waals surface area contributed by atoms with Gasteiger partial charge in [-0.1, -0.05) is 55.7 Å². The number of rotatable bonds is 5. The fourth-order valence-electron chi connectivity index (χ4n) is 3.04. The Balaban J connectivity index is 2.12. The zero-order chi connectivity index (χ0) is 13.5. The zero-order valence-corrected chi connectivity index (χ0v) is 12.4. The molecule has 2 rings (SSSR count). The zero-order valence-electron chi connectivity index (χ0n) is 12.4. The average molecular weight is 257 g/mol. The first-order valence-electron chi connectivity index (χ1n) is 7.67. The molecular formula is C18H27N. The standard InChI is InChI=1S/C18H27N/c1-19(2)15-9-14-18(16-10-5-3-6-11-16)17-12-7-4-8-13-17/h3,5-6,10-11,14,17H,4,7-9,12-13,15H2,1-2H3. The van der Waals surface area contributed by atoms with E-state index >= 15 is 0 Å². The lowest BCUT2D eigenvalue weighted by Gasteiger charge is -2.25. The van der Waals surface area contributed by atoms with E-state index in [0.717, 1.165) is 18.9 Å². The highest BCUT2D eigenvalue weighted by atomic mass is 15.0. The SMILES string of the molecule is CN(C)CCC=C(c1ccccc1)C1CCCCC1. The summed E-state index contributed by atoms with van der Waals surface area (Å²) in [4.78, 5) is 2.26. The van der Waals surface area contributed by atoms with Crippen LogP contribution in [0.4, 0.5) is 0 Å². The van der Waals surface area contributed by atoms with Crippen molar-refractivity contribution in [3.8, 4) is 0 Å². The largest absolute Gasteiger partial charge is 0.309 e. The third kappa shape index (κ3) is 4.50. The van der Waals surface area contributed by atoms with Gasteiger partial charge >= 0.3 is 0 Å². The van der Waals surface area contributed by atoms with Crippen molar-refractivity contribution in [1.82, 2.24) is 4.90 Å². The number of benzene rings is 1. The van der Waals surface area contributed by atoms with Crippen molar-refractivity contribution < 1.29 is 0 Å². The predicted octanol–water partition coefficient (Wildman–Crippen LogP) is 4.60. The Morgan fingerprint density at radius 2 is 1.79 bits per heavy atom. The third-order valence-corrected chi connectivity index (χ3v) is 4.09. The van der Waals surface area contributed by atoms with Crippen LogP contribution in [0.5, 0.6) is 0 Å². The van der Waals surface area contributed by atoms with Crippen LogP contribution in [0.15, 0.2) is 36.4 Å². The molecule has 1 saturated carbocycles. The molecule has 0 bridgehead atoms. The first-order valence-corrected chi connectivity index (χ1v) is 7.67. The quantitative estimate of drug-likeness (QED) is 0.745. The van der Waals surface area contributed by atoms with Gasteiger partial charge in [0.05, 0.1) is 0 Å². The topological polar surface area (TPSA) is 3.24 Å². The lowest BCUT2D eigenvalue weighted by molar-refractivity contribution is 0.413. The van der Waals surface area contributed by atoms with Gasteiger partial charge in [-0.2, -0.15) is 0 Å². The molecule has 1 heteroatoms. The molecular weight excluding hydrogens is 230 g/mol. The van der Waals surface area contributed by atoms with E-state index < -0.39 is 0 Å². The van der Waals surface area contributed by atoms with Crippen molar-refractivity contribution in [1.29, 1.82) is 0 Å². The third-order valence-electron chi connectivity index (χ3n) is 4.09. The van der Waals surface area contributed by atoms with Gasteiger partial charge in [-0.3, -0.25) is 0 Å². The second-order valence-corrected chi connectivity index (χ2v) is 5.95. The normalized spacial score (nSPS) is 17.9. The summed E-state index contributed by atoms with van der Waals surface area (Å²) in [7, 11) is 4.30. The van der Waals surface area contributed by atoms with Gasteiger partial charge in [0.1, 0.15) is 0 Å². The highest BCUT2D eigenvalue weighted by molar-refractivity contribution is 5.67. The van der Waals surface area contributed by atoms with Crippen LogP contribution in [0.3, 0.4) is 0 Å². The van der Waals surface area contributed by atoms with Gasteiger partial charge in [0, 0.05) is 6.54 Å². The Kier molecular flexibility index (Phi) is 5.65. The Morgan fingerprint density at radius 3 is 2.42 bits per heavy atom. The van der Waals surface area contributed by atoms with Gasteiger partial charge in [0.2, 0.25) is 0 Å². The fraction of sp³-hybridized carbons (Fsp3) is 0.556. The molecule has 1 aromatic rings. The second-order valence-electron chi connectivity index (χ2n) is 5.95. The van der Waals surface area contributed by atoms with Crippen LogP contribution >= 0.6 is 0 Å². The highest BCUT2D eigenvalue weighted by Crippen LogP contribution is 2.35. The summed E-state index contributed by atoms with van der Waals surface area (Å²) in [6.07, 6.45) is 10.6. The smallest absolute Gasteiger partial charge is 0.00100 e. The van der Waals surface area contributed by atoms with Crippen molar-refractivity contribution in [2.45, 2.75) is 38.5 Å². The van der Waals surface area contributed by atoms with E-state index in [1.54, 1.807) is 5.57 Å². The maximum Gasteiger partial charge on any atom is 0.00100 e. The molecule has 1 nitrogen and oxygen atoms in total. The first-order chi connectivity index (χ1) is 9.27. The van der Waals surface area contributed by atoms with Crippen LogP contribution in [0.2, 0.25) is 0 Å². The Hall–Kier alpha value is -1.08. The van der Waals surface area contributed by atoms with Gasteiger partial charge in [-0.15, -0.1) is 0 Å². The molecule has 1 fully saturated rings. The van der Waals surface area contributed by atoms with Gasteiger partial charge in [0.15, 0.2) is 0 Å². The van der Waals surface area contributed by atoms with Crippen LogP contribution in [-0.4, -0.2) is 25.5 Å². The van der Waals surface area contributed by atoms with Crippen molar-refractivity contribution in [3.63, 3.8) is 0 Å². The van der Waals surface area contributed by atoms with Crippen LogP contribution in [0.1, 0.15) is 44.1 Å². The molecule has 0 spiro atoms. The molecule has 0 amide bonds. The van der Waals surface area contributed by atoms with Crippen molar-refractivity contribution >= 4 is 5.57 Å². The van der Waals surface area contributed by atoms with Crippen molar-refractivity contribution in [3.05, 3.63) is 42.0 Å². The van der Waals surface area contributed by atoms with Crippen LogP contribution in [0.25, 0.3) is 5.57 Å². The van der Waals surface area contributed by atoms with E-state index in [9.17, 15) is 0 Å². The molecule has 0 unspecified atom stereocenters. The summed E-state index contributed by atoms with van der Waals surface area (Å²) >= 11 is 0. The van der Waals surface area contributed by atoms with Crippen LogP contribution in [-0.2, 0) is 0 Å². The molecule has 1 aliphatic carbocycles. The second kappa shape index (κ2) is 7.49. The minimum Gasteiger partial charge on any atom is -0.309 e. The molecule has 1 aromatic carbocycles. The lowest BCUT2D eigenvalue weighted by Crippen LogP contribution is -2.13. The Bertz CT molecular complexity index is 385. The minimum absolute atomic E-state index is 0.790. The molecule has 0 aliphatic heterocycles. The van der Waals surface area contributed by atoms with E-state index in [1.807, 2.05) is 0 Å². The van der Waals surface area contributed by atoms with Gasteiger partial charge in [-0.05, 0) is 50.4 Å². The fourth-order valence-corrected chi connectivity index (χ4v) is 3.04. The Morgan fingerprint density at radius 1 is 1.11 bits per heavy atom. The van der Waals surface area contributed by atoms with E-state index in [4.69, 9.17) is 0 Å². The summed E-state index contributed by atoms with van der Waals surface area (Å²) in [5.41, 5.74) is 3.04. The molecule has 104 valence electrons. The van der Waals surface area contributed by atoms with Crippen molar-refractivity contribution in [2.24, 2.45) is 5.92 Å². The summed E-state index contributed by atoms with van der Waals surface area (Å²) < 4.78 is 0. The number of hydrogen-bond acceptors (Lipinski definition) is 1. The van der Waals surface area contributed by atoms with Crippen LogP contribution in [0, 0.1) is 5.92 Å². The Labute approximate surface area is 118 Å². The summed E-state index contributed by atoms with van der Waals surface area (Å²) in [5, 5.41) is 0.